The molecule has 0 aliphatic heterocycles. The Balaban J connectivity index is 1.74. The quantitative estimate of drug-likeness (QED) is 0.764. The van der Waals surface area contributed by atoms with Gasteiger partial charge in [0.15, 0.2) is 18.1 Å². The molecule has 1 fully saturated rings. The SMILES string of the molecule is O=C(COc1ccccc1O)NC1CCC(O)CC1. The molecule has 104 valence electrons. The van der Waals surface area contributed by atoms with Gasteiger partial charge in [-0.05, 0) is 37.8 Å². The number of aliphatic hydroxyl groups is 1. The first-order chi connectivity index (χ1) is 9.15. The summed E-state index contributed by atoms with van der Waals surface area (Å²) in [7, 11) is 0. The molecule has 0 spiro atoms. The van der Waals surface area contributed by atoms with Crippen molar-refractivity contribution in [3.8, 4) is 11.5 Å². The average Bonchev–Trinajstić information content (AvgIpc) is 2.40. The maximum Gasteiger partial charge on any atom is 0.258 e. The molecule has 1 aromatic carbocycles. The number of hydrogen-bond acceptors (Lipinski definition) is 4. The van der Waals surface area contributed by atoms with Crippen molar-refractivity contribution in [1.29, 1.82) is 0 Å². The summed E-state index contributed by atoms with van der Waals surface area (Å²) in [4.78, 5) is 11.7. The van der Waals surface area contributed by atoms with Crippen molar-refractivity contribution < 1.29 is 19.7 Å². The number of para-hydroxylation sites is 2. The molecule has 1 aromatic rings. The molecular formula is C14H19NO4. The Bertz CT molecular complexity index is 427. The lowest BCUT2D eigenvalue weighted by Gasteiger charge is -2.26. The number of aliphatic hydroxyl groups excluding tert-OH is 1. The highest BCUT2D eigenvalue weighted by atomic mass is 16.5. The van der Waals surface area contributed by atoms with Crippen molar-refractivity contribution in [2.45, 2.75) is 37.8 Å². The van der Waals surface area contributed by atoms with E-state index in [1.165, 1.54) is 6.07 Å². The van der Waals surface area contributed by atoms with Gasteiger partial charge in [-0.25, -0.2) is 0 Å². The van der Waals surface area contributed by atoms with Gasteiger partial charge >= 0.3 is 0 Å². The number of amides is 1. The molecule has 1 amide bonds. The van der Waals surface area contributed by atoms with E-state index in [0.717, 1.165) is 25.7 Å². The van der Waals surface area contributed by atoms with Crippen LogP contribution in [-0.4, -0.2) is 34.9 Å². The Morgan fingerprint density at radius 3 is 2.63 bits per heavy atom. The third-order valence-corrected chi connectivity index (χ3v) is 3.29. The summed E-state index contributed by atoms with van der Waals surface area (Å²) in [6.07, 6.45) is 2.81. The highest BCUT2D eigenvalue weighted by Crippen LogP contribution is 2.24. The highest BCUT2D eigenvalue weighted by Gasteiger charge is 2.20. The number of nitrogens with one attached hydrogen (secondary N) is 1. The van der Waals surface area contributed by atoms with Crippen LogP contribution in [0.4, 0.5) is 0 Å². The molecular weight excluding hydrogens is 246 g/mol. The van der Waals surface area contributed by atoms with Gasteiger partial charge in [0.1, 0.15) is 0 Å². The lowest BCUT2D eigenvalue weighted by molar-refractivity contribution is -0.124. The van der Waals surface area contributed by atoms with Gasteiger partial charge in [0.25, 0.3) is 5.91 Å². The number of aromatic hydroxyl groups is 1. The number of ether oxygens (including phenoxy) is 1. The van der Waals surface area contributed by atoms with E-state index >= 15 is 0 Å². The second kappa shape index (κ2) is 6.43. The van der Waals surface area contributed by atoms with Crippen LogP contribution in [0.15, 0.2) is 24.3 Å². The van der Waals surface area contributed by atoms with E-state index in [1.54, 1.807) is 18.2 Å². The highest BCUT2D eigenvalue weighted by molar-refractivity contribution is 5.77. The van der Waals surface area contributed by atoms with Gasteiger partial charge in [-0.2, -0.15) is 0 Å². The molecule has 2 rings (SSSR count). The summed E-state index contributed by atoms with van der Waals surface area (Å²) in [6, 6.07) is 6.66. The largest absolute Gasteiger partial charge is 0.504 e. The fourth-order valence-corrected chi connectivity index (χ4v) is 2.21. The first kappa shape index (κ1) is 13.7. The number of hydrogen-bond donors (Lipinski definition) is 3. The van der Waals surface area contributed by atoms with Crippen LogP contribution in [0, 0.1) is 0 Å². The summed E-state index contributed by atoms with van der Waals surface area (Å²) in [6.45, 7) is -0.114. The first-order valence-electron chi connectivity index (χ1n) is 6.53. The normalized spacial score (nSPS) is 22.8. The minimum Gasteiger partial charge on any atom is -0.504 e. The number of carbonyl (C=O) groups is 1. The van der Waals surface area contributed by atoms with Gasteiger partial charge < -0.3 is 20.3 Å². The van der Waals surface area contributed by atoms with Crippen molar-refractivity contribution in [3.05, 3.63) is 24.3 Å². The number of benzene rings is 1. The standard InChI is InChI=1S/C14H19NO4/c16-11-7-5-10(6-8-11)15-14(18)9-19-13-4-2-1-3-12(13)17/h1-4,10-11,16-17H,5-9H2,(H,15,18). The fraction of sp³-hybridized carbons (Fsp3) is 0.500. The van der Waals surface area contributed by atoms with Crippen LogP contribution in [0.5, 0.6) is 11.5 Å². The van der Waals surface area contributed by atoms with Crippen molar-refractivity contribution in [3.63, 3.8) is 0 Å². The molecule has 0 radical (unpaired) electrons. The molecule has 0 heterocycles. The van der Waals surface area contributed by atoms with Gasteiger partial charge in [0, 0.05) is 6.04 Å². The molecule has 3 N–H and O–H groups in total. The van der Waals surface area contributed by atoms with Crippen LogP contribution >= 0.6 is 0 Å². The van der Waals surface area contributed by atoms with Crippen molar-refractivity contribution in [2.24, 2.45) is 0 Å². The van der Waals surface area contributed by atoms with Crippen LogP contribution in [0.25, 0.3) is 0 Å². The molecule has 0 atom stereocenters. The molecule has 0 unspecified atom stereocenters. The van der Waals surface area contributed by atoms with E-state index in [4.69, 9.17) is 4.74 Å². The Kier molecular flexibility index (Phi) is 4.63. The van der Waals surface area contributed by atoms with Crippen LogP contribution < -0.4 is 10.1 Å². The van der Waals surface area contributed by atoms with Crippen LogP contribution in [0.3, 0.4) is 0 Å². The van der Waals surface area contributed by atoms with Gasteiger partial charge in [0.2, 0.25) is 0 Å². The number of phenols is 1. The van der Waals surface area contributed by atoms with Gasteiger partial charge in [-0.1, -0.05) is 12.1 Å². The summed E-state index contributed by atoms with van der Waals surface area (Å²) in [5, 5.41) is 21.7. The monoisotopic (exact) mass is 265 g/mol. The van der Waals surface area contributed by atoms with Crippen LogP contribution in [-0.2, 0) is 4.79 Å². The second-order valence-electron chi connectivity index (χ2n) is 4.83. The molecule has 0 aromatic heterocycles. The zero-order valence-corrected chi connectivity index (χ0v) is 10.7. The predicted octanol–water partition coefficient (Wildman–Crippen LogP) is 1.19. The molecule has 1 saturated carbocycles. The Morgan fingerprint density at radius 2 is 1.95 bits per heavy atom. The van der Waals surface area contributed by atoms with Gasteiger partial charge in [0.05, 0.1) is 6.10 Å². The molecule has 0 saturated heterocycles. The molecule has 5 nitrogen and oxygen atoms in total. The summed E-state index contributed by atoms with van der Waals surface area (Å²) in [5.74, 6) is 0.123. The Labute approximate surface area is 112 Å². The third kappa shape index (κ3) is 4.13. The van der Waals surface area contributed by atoms with E-state index in [-0.39, 0.29) is 30.4 Å². The van der Waals surface area contributed by atoms with E-state index in [0.29, 0.717) is 5.75 Å². The van der Waals surface area contributed by atoms with Crippen molar-refractivity contribution in [2.75, 3.05) is 6.61 Å². The van der Waals surface area contributed by atoms with Crippen molar-refractivity contribution in [1.82, 2.24) is 5.32 Å². The topological polar surface area (TPSA) is 78.8 Å². The minimum absolute atomic E-state index is 0.0242. The number of rotatable bonds is 4. The fourth-order valence-electron chi connectivity index (χ4n) is 2.21. The van der Waals surface area contributed by atoms with Gasteiger partial charge in [-0.3, -0.25) is 4.79 Å². The van der Waals surface area contributed by atoms with E-state index < -0.39 is 0 Å². The summed E-state index contributed by atoms with van der Waals surface area (Å²) >= 11 is 0. The Hall–Kier alpha value is -1.75. The number of carbonyl (C=O) groups excluding carboxylic acids is 1. The second-order valence-corrected chi connectivity index (χ2v) is 4.83. The van der Waals surface area contributed by atoms with Crippen molar-refractivity contribution >= 4 is 5.91 Å². The van der Waals surface area contributed by atoms with E-state index in [1.807, 2.05) is 0 Å². The number of phenolic OH excluding ortho intramolecular Hbond substituents is 1. The maximum absolute atomic E-state index is 11.7. The van der Waals surface area contributed by atoms with Gasteiger partial charge in [-0.15, -0.1) is 0 Å². The van der Waals surface area contributed by atoms with Crippen LogP contribution in [0.1, 0.15) is 25.7 Å². The molecule has 0 bridgehead atoms. The lowest BCUT2D eigenvalue weighted by Crippen LogP contribution is -2.40. The summed E-state index contributed by atoms with van der Waals surface area (Å²) in [5.41, 5.74) is 0. The molecule has 1 aliphatic carbocycles. The lowest BCUT2D eigenvalue weighted by atomic mass is 9.93. The third-order valence-electron chi connectivity index (χ3n) is 3.29. The maximum atomic E-state index is 11.7. The predicted molar refractivity (Wildman–Crippen MR) is 70.0 cm³/mol. The molecule has 19 heavy (non-hydrogen) atoms. The Morgan fingerprint density at radius 1 is 1.26 bits per heavy atom. The average molecular weight is 265 g/mol. The molecule has 5 heteroatoms. The minimum atomic E-state index is -0.231. The summed E-state index contributed by atoms with van der Waals surface area (Å²) < 4.78 is 5.25. The zero-order chi connectivity index (χ0) is 13.7. The zero-order valence-electron chi connectivity index (χ0n) is 10.7. The van der Waals surface area contributed by atoms with E-state index in [9.17, 15) is 15.0 Å². The van der Waals surface area contributed by atoms with E-state index in [2.05, 4.69) is 5.32 Å². The smallest absolute Gasteiger partial charge is 0.258 e. The van der Waals surface area contributed by atoms with Crippen LogP contribution in [0.2, 0.25) is 0 Å². The first-order valence-corrected chi connectivity index (χ1v) is 6.53. The molecule has 1 aliphatic rings.